The van der Waals surface area contributed by atoms with E-state index in [4.69, 9.17) is 10.1 Å². The van der Waals surface area contributed by atoms with Crippen molar-refractivity contribution in [1.82, 2.24) is 9.88 Å². The van der Waals surface area contributed by atoms with Crippen molar-refractivity contribution in [2.45, 2.75) is 25.7 Å². The Labute approximate surface area is 117 Å². The minimum absolute atomic E-state index is 0.269. The Balaban J connectivity index is 1.74. The molecule has 1 aliphatic heterocycles. The van der Waals surface area contributed by atoms with Gasteiger partial charge in [-0.15, -0.1) is 11.3 Å². The molecule has 102 valence electrons. The van der Waals surface area contributed by atoms with Crippen LogP contribution in [0.15, 0.2) is 18.2 Å². The molecule has 3 rings (SSSR count). The Morgan fingerprint density at radius 2 is 2.16 bits per heavy atom. The number of rotatable bonds is 3. The van der Waals surface area contributed by atoms with Gasteiger partial charge in [-0.2, -0.15) is 0 Å². The van der Waals surface area contributed by atoms with E-state index >= 15 is 0 Å². The number of hydrogen-bond acceptors (Lipinski definition) is 4. The number of fused-ring (bicyclic) bond motifs is 1. The summed E-state index contributed by atoms with van der Waals surface area (Å²) in [7, 11) is 0. The maximum Gasteiger partial charge on any atom is 0.0970 e. The normalized spacial score (nSPS) is 18.2. The fourth-order valence-corrected chi connectivity index (χ4v) is 3.89. The summed E-state index contributed by atoms with van der Waals surface area (Å²) in [5, 5.41) is 10.3. The molecular formula is C15H20N2OS. The minimum atomic E-state index is 0.269. The second-order valence-electron chi connectivity index (χ2n) is 5.36. The van der Waals surface area contributed by atoms with Crippen LogP contribution >= 0.6 is 11.3 Å². The molecule has 0 aliphatic carbocycles. The number of aliphatic hydroxyl groups is 1. The van der Waals surface area contributed by atoms with Crippen LogP contribution in [0, 0.1) is 6.92 Å². The van der Waals surface area contributed by atoms with Crippen LogP contribution in [0.2, 0.25) is 0 Å². The number of aliphatic hydroxyl groups excluding tert-OH is 1. The van der Waals surface area contributed by atoms with Gasteiger partial charge in [-0.25, -0.2) is 4.98 Å². The van der Waals surface area contributed by atoms with Gasteiger partial charge in [-0.1, -0.05) is 6.07 Å². The summed E-state index contributed by atoms with van der Waals surface area (Å²) in [5.74, 6) is 0.604. The van der Waals surface area contributed by atoms with Gasteiger partial charge in [-0.3, -0.25) is 0 Å². The van der Waals surface area contributed by atoms with Gasteiger partial charge in [0.25, 0.3) is 0 Å². The van der Waals surface area contributed by atoms with Gasteiger partial charge in [-0.05, 0) is 50.6 Å². The monoisotopic (exact) mass is 276 g/mol. The Morgan fingerprint density at radius 3 is 2.89 bits per heavy atom. The number of aromatic nitrogens is 1. The van der Waals surface area contributed by atoms with E-state index in [0.29, 0.717) is 5.92 Å². The molecule has 1 aliphatic rings. The molecule has 0 atom stereocenters. The van der Waals surface area contributed by atoms with Gasteiger partial charge in [0.05, 0.1) is 21.8 Å². The first-order valence-electron chi connectivity index (χ1n) is 6.96. The van der Waals surface area contributed by atoms with Crippen LogP contribution in [0.25, 0.3) is 10.2 Å². The predicted molar refractivity (Wildman–Crippen MR) is 79.9 cm³/mol. The van der Waals surface area contributed by atoms with E-state index in [1.54, 1.807) is 0 Å². The van der Waals surface area contributed by atoms with Gasteiger partial charge in [0.2, 0.25) is 0 Å². The molecule has 0 radical (unpaired) electrons. The van der Waals surface area contributed by atoms with Crippen molar-refractivity contribution in [3.8, 4) is 0 Å². The van der Waals surface area contributed by atoms with E-state index in [2.05, 4.69) is 30.0 Å². The average molecular weight is 276 g/mol. The number of benzene rings is 1. The van der Waals surface area contributed by atoms with E-state index in [9.17, 15) is 0 Å². The predicted octanol–water partition coefficient (Wildman–Crippen LogP) is 2.78. The van der Waals surface area contributed by atoms with E-state index in [-0.39, 0.29) is 6.61 Å². The third kappa shape index (κ3) is 2.81. The average Bonchev–Trinajstić information content (AvgIpc) is 2.83. The molecule has 1 aromatic carbocycles. The van der Waals surface area contributed by atoms with Crippen LogP contribution in [0.1, 0.15) is 29.3 Å². The van der Waals surface area contributed by atoms with Gasteiger partial charge < -0.3 is 10.0 Å². The zero-order valence-electron chi connectivity index (χ0n) is 11.3. The summed E-state index contributed by atoms with van der Waals surface area (Å²) in [6.07, 6.45) is 2.33. The molecule has 0 amide bonds. The first kappa shape index (κ1) is 13.0. The Morgan fingerprint density at radius 1 is 1.37 bits per heavy atom. The second kappa shape index (κ2) is 5.57. The lowest BCUT2D eigenvalue weighted by Gasteiger charge is -2.30. The summed E-state index contributed by atoms with van der Waals surface area (Å²) in [5.41, 5.74) is 2.43. The van der Waals surface area contributed by atoms with Crippen molar-refractivity contribution in [2.24, 2.45) is 0 Å². The van der Waals surface area contributed by atoms with Crippen LogP contribution in [-0.2, 0) is 0 Å². The first-order chi connectivity index (χ1) is 9.26. The lowest BCUT2D eigenvalue weighted by Crippen LogP contribution is -2.34. The van der Waals surface area contributed by atoms with Crippen molar-refractivity contribution in [3.63, 3.8) is 0 Å². The highest BCUT2D eigenvalue weighted by Crippen LogP contribution is 2.33. The minimum Gasteiger partial charge on any atom is -0.395 e. The number of piperidine rings is 1. The molecular weight excluding hydrogens is 256 g/mol. The maximum atomic E-state index is 8.97. The molecule has 0 unspecified atom stereocenters. The number of aryl methyl sites for hydroxylation is 1. The number of thiazole rings is 1. The van der Waals surface area contributed by atoms with Crippen molar-refractivity contribution in [3.05, 3.63) is 28.8 Å². The van der Waals surface area contributed by atoms with E-state index < -0.39 is 0 Å². The fraction of sp³-hybridized carbons (Fsp3) is 0.533. The third-order valence-corrected chi connectivity index (χ3v) is 5.11. The topological polar surface area (TPSA) is 36.4 Å². The number of β-amino-alcohol motifs (C(OH)–C–C–N with tert-alkyl or cyclic N) is 1. The van der Waals surface area contributed by atoms with Gasteiger partial charge >= 0.3 is 0 Å². The quantitative estimate of drug-likeness (QED) is 0.936. The highest BCUT2D eigenvalue weighted by atomic mass is 32.1. The van der Waals surface area contributed by atoms with Gasteiger partial charge in [0, 0.05) is 12.5 Å². The Bertz CT molecular complexity index is 558. The zero-order valence-corrected chi connectivity index (χ0v) is 12.1. The highest BCUT2D eigenvalue weighted by Gasteiger charge is 2.22. The van der Waals surface area contributed by atoms with Crippen molar-refractivity contribution in [1.29, 1.82) is 0 Å². The number of nitrogens with zero attached hydrogens (tertiary/aromatic N) is 2. The zero-order chi connectivity index (χ0) is 13.2. The fourth-order valence-electron chi connectivity index (χ4n) is 2.77. The Kier molecular flexibility index (Phi) is 3.82. The largest absolute Gasteiger partial charge is 0.395 e. The smallest absolute Gasteiger partial charge is 0.0970 e. The van der Waals surface area contributed by atoms with E-state index in [1.165, 1.54) is 28.1 Å². The number of hydrogen-bond donors (Lipinski definition) is 1. The van der Waals surface area contributed by atoms with Crippen LogP contribution in [0.5, 0.6) is 0 Å². The second-order valence-corrected chi connectivity index (χ2v) is 6.43. The SMILES string of the molecule is Cc1ccc2sc(C3CCN(CCO)CC3)nc2c1. The maximum absolute atomic E-state index is 8.97. The standard InChI is InChI=1S/C15H20N2OS/c1-11-2-3-14-13(10-11)16-15(19-14)12-4-6-17(7-5-12)8-9-18/h2-3,10,12,18H,4-9H2,1H3. The molecule has 1 saturated heterocycles. The Hall–Kier alpha value is -0.970. The molecule has 1 aromatic heterocycles. The van der Waals surface area contributed by atoms with Crippen molar-refractivity contribution in [2.75, 3.05) is 26.2 Å². The van der Waals surface area contributed by atoms with E-state index in [1.807, 2.05) is 11.3 Å². The summed E-state index contributed by atoms with van der Waals surface area (Å²) >= 11 is 1.85. The van der Waals surface area contributed by atoms with Gasteiger partial charge in [0.1, 0.15) is 0 Å². The van der Waals surface area contributed by atoms with Crippen molar-refractivity contribution < 1.29 is 5.11 Å². The van der Waals surface area contributed by atoms with Crippen LogP contribution in [0.3, 0.4) is 0 Å². The lowest BCUT2D eigenvalue weighted by atomic mass is 9.97. The molecule has 1 N–H and O–H groups in total. The summed E-state index contributed by atoms with van der Waals surface area (Å²) in [6, 6.07) is 6.52. The molecule has 19 heavy (non-hydrogen) atoms. The summed E-state index contributed by atoms with van der Waals surface area (Å²) < 4.78 is 1.30. The molecule has 3 nitrogen and oxygen atoms in total. The number of likely N-dealkylation sites (tertiary alicyclic amines) is 1. The molecule has 2 heterocycles. The first-order valence-corrected chi connectivity index (χ1v) is 7.78. The van der Waals surface area contributed by atoms with E-state index in [0.717, 1.165) is 25.2 Å². The third-order valence-electron chi connectivity index (χ3n) is 3.91. The molecule has 0 bridgehead atoms. The van der Waals surface area contributed by atoms with Gasteiger partial charge in [0.15, 0.2) is 0 Å². The molecule has 4 heteroatoms. The lowest BCUT2D eigenvalue weighted by molar-refractivity contribution is 0.164. The molecule has 0 spiro atoms. The van der Waals surface area contributed by atoms with Crippen molar-refractivity contribution >= 4 is 21.6 Å². The van der Waals surface area contributed by atoms with Crippen LogP contribution < -0.4 is 0 Å². The molecule has 2 aromatic rings. The van der Waals surface area contributed by atoms with Crippen LogP contribution in [-0.4, -0.2) is 41.2 Å². The summed E-state index contributed by atoms with van der Waals surface area (Å²) in [4.78, 5) is 7.16. The highest BCUT2D eigenvalue weighted by molar-refractivity contribution is 7.18. The summed E-state index contributed by atoms with van der Waals surface area (Å²) in [6.45, 7) is 5.36. The van der Waals surface area contributed by atoms with Crippen LogP contribution in [0.4, 0.5) is 0 Å². The molecule has 0 saturated carbocycles. The molecule has 1 fully saturated rings.